The number of amides is 1. The first-order valence-corrected chi connectivity index (χ1v) is 4.73. The fourth-order valence-corrected chi connectivity index (χ4v) is 1.05. The van der Waals surface area contributed by atoms with Gasteiger partial charge in [0.2, 0.25) is 0 Å². The minimum Gasteiger partial charge on any atom is -0.480 e. The third-order valence-electron chi connectivity index (χ3n) is 1.99. The highest BCUT2D eigenvalue weighted by atomic mass is 16.4. The number of carbonyl (C=O) groups excluding carboxylic acids is 1. The summed E-state index contributed by atoms with van der Waals surface area (Å²) in [6.45, 7) is 1.45. The second kappa shape index (κ2) is 5.26. The van der Waals surface area contributed by atoms with Gasteiger partial charge in [0.1, 0.15) is 11.7 Å². The van der Waals surface area contributed by atoms with Crippen molar-refractivity contribution in [1.82, 2.24) is 15.1 Å². The van der Waals surface area contributed by atoms with Gasteiger partial charge in [0.15, 0.2) is 0 Å². The smallest absolute Gasteiger partial charge is 0.328 e. The molecule has 7 nitrogen and oxygen atoms in total. The molecule has 7 heteroatoms. The SMILES string of the molecule is CC(C(=O)O)n1ccc(C(=O)NCCO)n1. The number of aromatic nitrogens is 2. The molecule has 0 saturated carbocycles. The van der Waals surface area contributed by atoms with Gasteiger partial charge in [-0.05, 0) is 13.0 Å². The molecule has 16 heavy (non-hydrogen) atoms. The van der Waals surface area contributed by atoms with Crippen LogP contribution in [0.15, 0.2) is 12.3 Å². The number of aliphatic hydroxyl groups excluding tert-OH is 1. The van der Waals surface area contributed by atoms with Crippen molar-refractivity contribution in [3.05, 3.63) is 18.0 Å². The molecule has 88 valence electrons. The second-order valence-corrected chi connectivity index (χ2v) is 3.17. The summed E-state index contributed by atoms with van der Waals surface area (Å²) in [7, 11) is 0. The quantitative estimate of drug-likeness (QED) is 0.614. The molecule has 1 aromatic heterocycles. The average molecular weight is 227 g/mol. The van der Waals surface area contributed by atoms with Crippen molar-refractivity contribution in [2.24, 2.45) is 0 Å². The van der Waals surface area contributed by atoms with E-state index in [4.69, 9.17) is 10.2 Å². The molecule has 0 saturated heterocycles. The highest BCUT2D eigenvalue weighted by Crippen LogP contribution is 2.05. The number of hydrogen-bond donors (Lipinski definition) is 3. The maximum absolute atomic E-state index is 11.4. The molecule has 0 aliphatic rings. The molecule has 0 fully saturated rings. The van der Waals surface area contributed by atoms with Gasteiger partial charge in [-0.3, -0.25) is 9.48 Å². The zero-order chi connectivity index (χ0) is 12.1. The molecule has 1 heterocycles. The lowest BCUT2D eigenvalue weighted by Crippen LogP contribution is -2.27. The number of aliphatic carboxylic acids is 1. The fraction of sp³-hybridized carbons (Fsp3) is 0.444. The maximum Gasteiger partial charge on any atom is 0.328 e. The Morgan fingerprint density at radius 1 is 1.62 bits per heavy atom. The Morgan fingerprint density at radius 2 is 2.31 bits per heavy atom. The molecular formula is C9H13N3O4. The molecule has 0 radical (unpaired) electrons. The minimum absolute atomic E-state index is 0.126. The first-order chi connectivity index (χ1) is 7.56. The number of carboxylic acid groups (broad SMARTS) is 1. The molecule has 0 aliphatic carbocycles. The Hall–Kier alpha value is -1.89. The Morgan fingerprint density at radius 3 is 2.88 bits per heavy atom. The molecule has 0 bridgehead atoms. The third kappa shape index (κ3) is 2.80. The van der Waals surface area contributed by atoms with Crippen LogP contribution in [-0.2, 0) is 4.79 Å². The van der Waals surface area contributed by atoms with Crippen molar-refractivity contribution in [1.29, 1.82) is 0 Å². The van der Waals surface area contributed by atoms with Gasteiger partial charge in [0, 0.05) is 12.7 Å². The molecular weight excluding hydrogens is 214 g/mol. The van der Waals surface area contributed by atoms with E-state index in [1.165, 1.54) is 23.9 Å². The van der Waals surface area contributed by atoms with Crippen LogP contribution in [0.5, 0.6) is 0 Å². The minimum atomic E-state index is -1.02. The first kappa shape index (κ1) is 12.2. The van der Waals surface area contributed by atoms with Crippen LogP contribution in [0.3, 0.4) is 0 Å². The largest absolute Gasteiger partial charge is 0.480 e. The van der Waals surface area contributed by atoms with Gasteiger partial charge in [-0.1, -0.05) is 0 Å². The van der Waals surface area contributed by atoms with Gasteiger partial charge in [-0.25, -0.2) is 4.79 Å². The summed E-state index contributed by atoms with van der Waals surface area (Å²) >= 11 is 0. The van der Waals surface area contributed by atoms with E-state index >= 15 is 0 Å². The molecule has 1 aromatic rings. The van der Waals surface area contributed by atoms with Gasteiger partial charge in [-0.2, -0.15) is 5.10 Å². The van der Waals surface area contributed by atoms with E-state index in [0.29, 0.717) is 0 Å². The van der Waals surface area contributed by atoms with Crippen molar-refractivity contribution < 1.29 is 19.8 Å². The number of nitrogens with one attached hydrogen (secondary N) is 1. The highest BCUT2D eigenvalue weighted by molar-refractivity contribution is 5.92. The summed E-state index contributed by atoms with van der Waals surface area (Å²) in [5.74, 6) is -1.46. The molecule has 1 amide bonds. The number of aliphatic hydroxyl groups is 1. The van der Waals surface area contributed by atoms with Crippen molar-refractivity contribution in [3.63, 3.8) is 0 Å². The normalized spacial score (nSPS) is 12.1. The predicted octanol–water partition coefficient (Wildman–Crippen LogP) is -0.749. The van der Waals surface area contributed by atoms with Crippen LogP contribution in [0.1, 0.15) is 23.5 Å². The molecule has 1 rings (SSSR count). The van der Waals surface area contributed by atoms with Crippen LogP contribution in [0.25, 0.3) is 0 Å². The highest BCUT2D eigenvalue weighted by Gasteiger charge is 2.16. The van der Waals surface area contributed by atoms with Crippen LogP contribution in [-0.4, -0.2) is 45.0 Å². The third-order valence-corrected chi connectivity index (χ3v) is 1.99. The number of hydrogen-bond acceptors (Lipinski definition) is 4. The van der Waals surface area contributed by atoms with E-state index in [1.54, 1.807) is 0 Å². The maximum atomic E-state index is 11.4. The van der Waals surface area contributed by atoms with Gasteiger partial charge < -0.3 is 15.5 Å². The lowest BCUT2D eigenvalue weighted by Gasteiger charge is -2.05. The number of rotatable bonds is 5. The van der Waals surface area contributed by atoms with Crippen LogP contribution in [0.4, 0.5) is 0 Å². The zero-order valence-electron chi connectivity index (χ0n) is 8.75. The molecule has 3 N–H and O–H groups in total. The Labute approximate surface area is 91.7 Å². The number of carboxylic acids is 1. The molecule has 1 unspecified atom stereocenters. The monoisotopic (exact) mass is 227 g/mol. The summed E-state index contributed by atoms with van der Waals surface area (Å²) in [6, 6.07) is 0.603. The lowest BCUT2D eigenvalue weighted by atomic mass is 10.3. The average Bonchev–Trinajstić information content (AvgIpc) is 2.73. The van der Waals surface area contributed by atoms with Crippen LogP contribution < -0.4 is 5.32 Å². The van der Waals surface area contributed by atoms with Crippen molar-refractivity contribution >= 4 is 11.9 Å². The van der Waals surface area contributed by atoms with Gasteiger partial charge in [-0.15, -0.1) is 0 Å². The summed E-state index contributed by atoms with van der Waals surface area (Å²) < 4.78 is 1.19. The van der Waals surface area contributed by atoms with Gasteiger partial charge in [0.25, 0.3) is 5.91 Å². The molecule has 0 spiro atoms. The Balaban J connectivity index is 2.71. The zero-order valence-corrected chi connectivity index (χ0v) is 8.75. The summed E-state index contributed by atoms with van der Waals surface area (Å²) in [6.07, 6.45) is 1.42. The summed E-state index contributed by atoms with van der Waals surface area (Å²) in [4.78, 5) is 22.0. The van der Waals surface area contributed by atoms with E-state index < -0.39 is 17.9 Å². The summed E-state index contributed by atoms with van der Waals surface area (Å²) in [5.41, 5.74) is 0.126. The van der Waals surface area contributed by atoms with Crippen LogP contribution in [0, 0.1) is 0 Å². The first-order valence-electron chi connectivity index (χ1n) is 4.73. The van der Waals surface area contributed by atoms with E-state index in [9.17, 15) is 9.59 Å². The molecule has 0 aliphatic heterocycles. The van der Waals surface area contributed by atoms with E-state index in [-0.39, 0.29) is 18.8 Å². The second-order valence-electron chi connectivity index (χ2n) is 3.17. The standard InChI is InChI=1S/C9H13N3O4/c1-6(9(15)16)12-4-2-7(11-12)8(14)10-3-5-13/h2,4,6,13H,3,5H2,1H3,(H,10,14)(H,15,16). The van der Waals surface area contributed by atoms with Crippen molar-refractivity contribution in [2.45, 2.75) is 13.0 Å². The van der Waals surface area contributed by atoms with Crippen LogP contribution >= 0.6 is 0 Å². The van der Waals surface area contributed by atoms with E-state index in [2.05, 4.69) is 10.4 Å². The van der Waals surface area contributed by atoms with Crippen LogP contribution in [0.2, 0.25) is 0 Å². The fourth-order valence-electron chi connectivity index (χ4n) is 1.05. The van der Waals surface area contributed by atoms with Crippen molar-refractivity contribution in [2.75, 3.05) is 13.2 Å². The number of carbonyl (C=O) groups is 2. The number of nitrogens with zero attached hydrogens (tertiary/aromatic N) is 2. The van der Waals surface area contributed by atoms with E-state index in [0.717, 1.165) is 0 Å². The molecule has 1 atom stereocenters. The lowest BCUT2D eigenvalue weighted by molar-refractivity contribution is -0.140. The Kier molecular flexibility index (Phi) is 4.01. The predicted molar refractivity (Wildman–Crippen MR) is 54.0 cm³/mol. The topological polar surface area (TPSA) is 104 Å². The Bertz CT molecular complexity index is 388. The van der Waals surface area contributed by atoms with Gasteiger partial charge >= 0.3 is 5.97 Å². The van der Waals surface area contributed by atoms with E-state index in [1.807, 2.05) is 0 Å². The summed E-state index contributed by atoms with van der Waals surface area (Å²) in [5, 5.41) is 23.5. The molecule has 0 aromatic carbocycles. The van der Waals surface area contributed by atoms with Gasteiger partial charge in [0.05, 0.1) is 6.61 Å². The van der Waals surface area contributed by atoms with Crippen molar-refractivity contribution in [3.8, 4) is 0 Å².